The van der Waals surface area contributed by atoms with Gasteiger partial charge in [0.15, 0.2) is 10.6 Å². The molecule has 158 valence electrons. The summed E-state index contributed by atoms with van der Waals surface area (Å²) >= 11 is 11.6. The van der Waals surface area contributed by atoms with Gasteiger partial charge in [0.25, 0.3) is 0 Å². The summed E-state index contributed by atoms with van der Waals surface area (Å²) in [5, 5.41) is 9.06. The Kier molecular flexibility index (Phi) is 5.16. The number of aromatic nitrogens is 4. The molecule has 1 amide bonds. The molecule has 2 aromatic carbocycles. The number of amides is 1. The van der Waals surface area contributed by atoms with Crippen LogP contribution in [0.25, 0.3) is 22.3 Å². The number of halogens is 1. The van der Waals surface area contributed by atoms with E-state index in [9.17, 15) is 4.79 Å². The number of carbonyl (C=O) groups excluding carboxylic acids is 1. The van der Waals surface area contributed by atoms with E-state index in [4.69, 9.17) is 23.8 Å². The van der Waals surface area contributed by atoms with Gasteiger partial charge in [-0.05, 0) is 43.4 Å². The van der Waals surface area contributed by atoms with E-state index in [0.717, 1.165) is 39.8 Å². The van der Waals surface area contributed by atoms with Crippen molar-refractivity contribution in [2.45, 2.75) is 32.9 Å². The topological polar surface area (TPSA) is 69.7 Å². The summed E-state index contributed by atoms with van der Waals surface area (Å²) in [5.41, 5.74) is 5.56. The molecular weight excluding hydrogens is 430 g/mol. The standard InChI is InChI=1S/C23H22ClN5OS/c1-14-3-2-4-15(11-14)22-26-27-23(31)29(22)10-8-21(30)28-9-7-20-18(13-28)17-12-16(24)5-6-19(17)25-20/h2-6,11-12,25H,7-10,13H2,1H3,(H,27,31). The number of fused-ring (bicyclic) bond motifs is 3. The molecule has 0 spiro atoms. The van der Waals surface area contributed by atoms with Crippen molar-refractivity contribution in [3.8, 4) is 11.4 Å². The number of aromatic amines is 2. The molecule has 0 bridgehead atoms. The van der Waals surface area contributed by atoms with Gasteiger partial charge in [0, 0.05) is 65.2 Å². The van der Waals surface area contributed by atoms with Crippen LogP contribution < -0.4 is 0 Å². The Hall–Kier alpha value is -2.90. The summed E-state index contributed by atoms with van der Waals surface area (Å²) in [6, 6.07) is 14.0. The van der Waals surface area contributed by atoms with Gasteiger partial charge in [0.1, 0.15) is 0 Å². The van der Waals surface area contributed by atoms with E-state index >= 15 is 0 Å². The minimum atomic E-state index is 0.111. The average molecular weight is 452 g/mol. The second kappa shape index (κ2) is 7.98. The Morgan fingerprint density at radius 2 is 2.13 bits per heavy atom. The summed E-state index contributed by atoms with van der Waals surface area (Å²) < 4.78 is 2.43. The highest BCUT2D eigenvalue weighted by molar-refractivity contribution is 7.71. The van der Waals surface area contributed by atoms with E-state index in [0.29, 0.717) is 35.8 Å². The first kappa shape index (κ1) is 20.0. The number of H-pyrrole nitrogens is 2. The van der Waals surface area contributed by atoms with Gasteiger partial charge in [0.05, 0.1) is 0 Å². The second-order valence-electron chi connectivity index (χ2n) is 7.96. The van der Waals surface area contributed by atoms with Crippen molar-refractivity contribution in [2.24, 2.45) is 0 Å². The molecule has 0 fully saturated rings. The van der Waals surface area contributed by atoms with Crippen molar-refractivity contribution in [3.63, 3.8) is 0 Å². The van der Waals surface area contributed by atoms with Crippen LogP contribution in [0.15, 0.2) is 42.5 Å². The molecule has 8 heteroatoms. The molecule has 31 heavy (non-hydrogen) atoms. The SMILES string of the molecule is Cc1cccc(-c2n[nH]c(=S)n2CCC(=O)N2CCc3[nH]c4ccc(Cl)cc4c3C2)c1. The Balaban J connectivity index is 1.34. The van der Waals surface area contributed by atoms with Crippen molar-refractivity contribution < 1.29 is 4.79 Å². The van der Waals surface area contributed by atoms with Crippen molar-refractivity contribution in [3.05, 3.63) is 69.1 Å². The summed E-state index contributed by atoms with van der Waals surface area (Å²) in [6.45, 7) is 3.82. The first-order chi connectivity index (χ1) is 15.0. The smallest absolute Gasteiger partial charge is 0.224 e. The van der Waals surface area contributed by atoms with Crippen LogP contribution in [-0.2, 0) is 24.3 Å². The van der Waals surface area contributed by atoms with Crippen molar-refractivity contribution in [1.82, 2.24) is 24.6 Å². The van der Waals surface area contributed by atoms with Gasteiger partial charge in [-0.1, -0.05) is 35.4 Å². The fraction of sp³-hybridized carbons (Fsp3) is 0.261. The van der Waals surface area contributed by atoms with E-state index < -0.39 is 0 Å². The maximum Gasteiger partial charge on any atom is 0.224 e. The molecule has 0 saturated carbocycles. The lowest BCUT2D eigenvalue weighted by Crippen LogP contribution is -2.36. The number of benzene rings is 2. The van der Waals surface area contributed by atoms with E-state index in [1.165, 1.54) is 5.69 Å². The van der Waals surface area contributed by atoms with Gasteiger partial charge in [-0.2, -0.15) is 5.10 Å². The summed E-state index contributed by atoms with van der Waals surface area (Å²) in [5.74, 6) is 0.869. The third-order valence-electron chi connectivity index (χ3n) is 5.87. The van der Waals surface area contributed by atoms with Crippen LogP contribution in [0.4, 0.5) is 0 Å². The molecule has 0 atom stereocenters. The molecule has 1 aliphatic rings. The highest BCUT2D eigenvalue weighted by Gasteiger charge is 2.24. The molecule has 2 aromatic heterocycles. The minimum absolute atomic E-state index is 0.111. The van der Waals surface area contributed by atoms with Crippen molar-refractivity contribution in [2.75, 3.05) is 6.54 Å². The lowest BCUT2D eigenvalue weighted by molar-refractivity contribution is -0.132. The first-order valence-corrected chi connectivity index (χ1v) is 11.1. The molecule has 2 N–H and O–H groups in total. The van der Waals surface area contributed by atoms with Gasteiger partial charge < -0.3 is 9.88 Å². The Morgan fingerprint density at radius 1 is 1.26 bits per heavy atom. The third kappa shape index (κ3) is 3.79. The lowest BCUT2D eigenvalue weighted by atomic mass is 10.0. The van der Waals surface area contributed by atoms with Crippen LogP contribution in [0.5, 0.6) is 0 Å². The molecule has 3 heterocycles. The van der Waals surface area contributed by atoms with E-state index in [2.05, 4.69) is 21.2 Å². The molecule has 0 saturated heterocycles. The first-order valence-electron chi connectivity index (χ1n) is 10.3. The monoisotopic (exact) mass is 451 g/mol. The second-order valence-corrected chi connectivity index (χ2v) is 8.78. The summed E-state index contributed by atoms with van der Waals surface area (Å²) in [6.07, 6.45) is 1.18. The number of nitrogens with zero attached hydrogens (tertiary/aromatic N) is 3. The van der Waals surface area contributed by atoms with Crippen molar-refractivity contribution >= 4 is 40.6 Å². The van der Waals surface area contributed by atoms with Crippen LogP contribution >= 0.6 is 23.8 Å². The molecule has 0 radical (unpaired) electrons. The van der Waals surface area contributed by atoms with E-state index in [-0.39, 0.29) is 5.91 Å². The maximum atomic E-state index is 13.1. The van der Waals surface area contributed by atoms with Gasteiger partial charge in [-0.3, -0.25) is 14.5 Å². The Morgan fingerprint density at radius 3 is 2.97 bits per heavy atom. The van der Waals surface area contributed by atoms with E-state index in [1.54, 1.807) is 0 Å². The molecule has 4 aromatic rings. The molecule has 6 nitrogen and oxygen atoms in total. The molecular formula is C23H22ClN5OS. The van der Waals surface area contributed by atoms with Crippen LogP contribution in [0.1, 0.15) is 23.2 Å². The summed E-state index contributed by atoms with van der Waals surface area (Å²) in [7, 11) is 0. The minimum Gasteiger partial charge on any atom is -0.358 e. The highest BCUT2D eigenvalue weighted by Crippen LogP contribution is 2.30. The number of nitrogens with one attached hydrogen (secondary N) is 2. The molecule has 0 unspecified atom stereocenters. The zero-order valence-electron chi connectivity index (χ0n) is 17.1. The number of carbonyl (C=O) groups is 1. The van der Waals surface area contributed by atoms with Gasteiger partial charge in [-0.15, -0.1) is 0 Å². The largest absolute Gasteiger partial charge is 0.358 e. The fourth-order valence-electron chi connectivity index (χ4n) is 4.29. The van der Waals surface area contributed by atoms with E-state index in [1.807, 2.05) is 52.8 Å². The van der Waals surface area contributed by atoms with Gasteiger partial charge in [0.2, 0.25) is 5.91 Å². The van der Waals surface area contributed by atoms with Crippen LogP contribution in [-0.4, -0.2) is 37.1 Å². The van der Waals surface area contributed by atoms with Crippen molar-refractivity contribution in [1.29, 1.82) is 0 Å². The van der Waals surface area contributed by atoms with Gasteiger partial charge in [-0.25, -0.2) is 0 Å². The number of aryl methyl sites for hydroxylation is 1. The van der Waals surface area contributed by atoms with Crippen LogP contribution in [0, 0.1) is 11.7 Å². The number of hydrogen-bond donors (Lipinski definition) is 2. The normalized spacial score (nSPS) is 13.5. The Bertz CT molecular complexity index is 1350. The van der Waals surface area contributed by atoms with Crippen LogP contribution in [0.2, 0.25) is 5.02 Å². The van der Waals surface area contributed by atoms with Gasteiger partial charge >= 0.3 is 0 Å². The summed E-state index contributed by atoms with van der Waals surface area (Å²) in [4.78, 5) is 18.4. The predicted octanol–water partition coefficient (Wildman–Crippen LogP) is 5.03. The number of rotatable bonds is 4. The molecule has 5 rings (SSSR count). The predicted molar refractivity (Wildman–Crippen MR) is 125 cm³/mol. The lowest BCUT2D eigenvalue weighted by Gasteiger charge is -2.27. The molecule has 1 aliphatic heterocycles. The quantitative estimate of drug-likeness (QED) is 0.428. The molecule has 0 aliphatic carbocycles. The maximum absolute atomic E-state index is 13.1. The Labute approximate surface area is 189 Å². The average Bonchev–Trinajstić information content (AvgIpc) is 3.31. The third-order valence-corrected chi connectivity index (χ3v) is 6.42. The zero-order valence-corrected chi connectivity index (χ0v) is 18.7. The fourth-order valence-corrected chi connectivity index (χ4v) is 4.69. The highest BCUT2D eigenvalue weighted by atomic mass is 35.5. The van der Waals surface area contributed by atoms with Crippen LogP contribution in [0.3, 0.4) is 0 Å². The number of hydrogen-bond acceptors (Lipinski definition) is 3. The zero-order chi connectivity index (χ0) is 21.5.